The third kappa shape index (κ3) is 6.50. The van der Waals surface area contributed by atoms with Gasteiger partial charge in [0.05, 0.1) is 6.61 Å². The number of carbonyl (C=O) groups excluding carboxylic acids is 1. The number of rotatable bonds is 5. The Kier molecular flexibility index (Phi) is 7.31. The molecule has 0 unspecified atom stereocenters. The largest absolute Gasteiger partial charge is 0.463 e. The van der Waals surface area contributed by atoms with Crippen molar-refractivity contribution in [3.8, 4) is 0 Å². The van der Waals surface area contributed by atoms with Crippen LogP contribution in [0.3, 0.4) is 0 Å². The summed E-state index contributed by atoms with van der Waals surface area (Å²) in [5, 5.41) is 0. The summed E-state index contributed by atoms with van der Waals surface area (Å²) in [6.45, 7) is 2.38. The van der Waals surface area contributed by atoms with Gasteiger partial charge in [-0.05, 0) is 12.8 Å². The molecule has 0 aliphatic carbocycles. The highest BCUT2D eigenvalue weighted by Crippen LogP contribution is 2.03. The zero-order chi connectivity index (χ0) is 9.40. The predicted octanol–water partition coefficient (Wildman–Crippen LogP) is 2.69. The van der Waals surface area contributed by atoms with Crippen LogP contribution in [0.4, 0.5) is 0 Å². The van der Waals surface area contributed by atoms with Gasteiger partial charge in [-0.15, -0.1) is 0 Å². The van der Waals surface area contributed by atoms with E-state index in [1.54, 1.807) is 0 Å². The molecule has 0 aliphatic heterocycles. The molecular weight excluding hydrogens is 199 g/mol. The van der Waals surface area contributed by atoms with Crippen LogP contribution < -0.4 is 0 Å². The molecule has 4 heteroatoms. The summed E-state index contributed by atoms with van der Waals surface area (Å²) in [6.07, 6.45) is 5.65. The summed E-state index contributed by atoms with van der Waals surface area (Å²) in [4.78, 5) is 9.60. The second kappa shape index (κ2) is 7.44. The van der Waals surface area contributed by atoms with E-state index in [1.165, 1.54) is 0 Å². The van der Waals surface area contributed by atoms with E-state index in [1.807, 2.05) is 19.1 Å². The Hall–Kier alpha value is -0.210. The van der Waals surface area contributed by atoms with Crippen LogP contribution in [-0.4, -0.2) is 17.4 Å². The fourth-order valence-corrected chi connectivity index (χ4v) is 0.701. The fraction of sp³-hybridized carbons (Fsp3) is 0.625. The lowest BCUT2D eigenvalue weighted by Crippen LogP contribution is -2.12. The number of hydrogen-bond donors (Lipinski definition) is 0. The van der Waals surface area contributed by atoms with Crippen LogP contribution in [0.1, 0.15) is 19.8 Å². The summed E-state index contributed by atoms with van der Waals surface area (Å²) in [5.74, 6) is -0.580. The minimum absolute atomic E-state index is 0.339. The SMILES string of the molecule is CC/C=C/CCOC(=O)C(Cl)Cl. The summed E-state index contributed by atoms with van der Waals surface area (Å²) >= 11 is 10.5. The standard InChI is InChI=1S/C8H12Cl2O2/c1-2-3-4-5-6-12-8(11)7(9)10/h3-4,7H,2,5-6H2,1H3/b4-3+. The minimum atomic E-state index is -1.07. The maximum atomic E-state index is 10.7. The van der Waals surface area contributed by atoms with Gasteiger partial charge in [0.15, 0.2) is 0 Å². The highest BCUT2D eigenvalue weighted by Gasteiger charge is 2.11. The smallest absolute Gasteiger partial charge is 0.339 e. The van der Waals surface area contributed by atoms with Crippen molar-refractivity contribution in [1.29, 1.82) is 0 Å². The molecule has 0 bridgehead atoms. The van der Waals surface area contributed by atoms with E-state index in [4.69, 9.17) is 27.9 Å². The van der Waals surface area contributed by atoms with Crippen LogP contribution in [-0.2, 0) is 9.53 Å². The summed E-state index contributed by atoms with van der Waals surface area (Å²) in [5.41, 5.74) is 0. The van der Waals surface area contributed by atoms with Crippen molar-refractivity contribution in [3.63, 3.8) is 0 Å². The molecule has 0 radical (unpaired) electrons. The number of esters is 1. The molecule has 0 atom stereocenters. The number of alkyl halides is 2. The van der Waals surface area contributed by atoms with Gasteiger partial charge in [-0.1, -0.05) is 42.3 Å². The van der Waals surface area contributed by atoms with Crippen LogP contribution in [0, 0.1) is 0 Å². The van der Waals surface area contributed by atoms with Crippen molar-refractivity contribution in [1.82, 2.24) is 0 Å². The molecule has 12 heavy (non-hydrogen) atoms. The number of halogens is 2. The van der Waals surface area contributed by atoms with Crippen LogP contribution in [0.15, 0.2) is 12.2 Å². The number of carbonyl (C=O) groups is 1. The van der Waals surface area contributed by atoms with Gasteiger partial charge in [0.1, 0.15) is 0 Å². The molecule has 0 aliphatic rings. The maximum Gasteiger partial charge on any atom is 0.339 e. The Morgan fingerprint density at radius 1 is 1.50 bits per heavy atom. The van der Waals surface area contributed by atoms with E-state index < -0.39 is 10.8 Å². The highest BCUT2D eigenvalue weighted by molar-refractivity contribution is 6.52. The van der Waals surface area contributed by atoms with Crippen molar-refractivity contribution in [2.24, 2.45) is 0 Å². The van der Waals surface area contributed by atoms with Crippen molar-refractivity contribution in [2.45, 2.75) is 24.6 Å². The summed E-state index contributed by atoms with van der Waals surface area (Å²) < 4.78 is 4.70. The molecule has 0 saturated carbocycles. The lowest BCUT2D eigenvalue weighted by atomic mass is 10.3. The maximum absolute atomic E-state index is 10.7. The number of allylic oxidation sites excluding steroid dienone is 1. The Morgan fingerprint density at radius 3 is 2.67 bits per heavy atom. The van der Waals surface area contributed by atoms with E-state index in [0.29, 0.717) is 13.0 Å². The Morgan fingerprint density at radius 2 is 2.17 bits per heavy atom. The predicted molar refractivity (Wildman–Crippen MR) is 50.5 cm³/mol. The second-order valence-electron chi connectivity index (χ2n) is 2.14. The van der Waals surface area contributed by atoms with Crippen LogP contribution in [0.25, 0.3) is 0 Å². The normalized spacial score (nSPS) is 11.0. The first-order valence-electron chi connectivity index (χ1n) is 3.78. The number of ether oxygens (including phenoxy) is 1. The Balaban J connectivity index is 3.31. The minimum Gasteiger partial charge on any atom is -0.463 e. The van der Waals surface area contributed by atoms with Crippen molar-refractivity contribution < 1.29 is 9.53 Å². The van der Waals surface area contributed by atoms with E-state index in [9.17, 15) is 4.79 Å². The summed E-state index contributed by atoms with van der Waals surface area (Å²) in [7, 11) is 0. The van der Waals surface area contributed by atoms with Crippen LogP contribution >= 0.6 is 23.2 Å². The molecule has 0 saturated heterocycles. The fourth-order valence-electron chi connectivity index (χ4n) is 0.575. The van der Waals surface area contributed by atoms with Crippen molar-refractivity contribution in [3.05, 3.63) is 12.2 Å². The molecule has 0 aromatic rings. The topological polar surface area (TPSA) is 26.3 Å². The molecule has 0 fully saturated rings. The van der Waals surface area contributed by atoms with Gasteiger partial charge >= 0.3 is 5.97 Å². The summed E-state index contributed by atoms with van der Waals surface area (Å²) in [6, 6.07) is 0. The van der Waals surface area contributed by atoms with Gasteiger partial charge in [-0.25, -0.2) is 4.79 Å². The van der Waals surface area contributed by atoms with Crippen molar-refractivity contribution >= 4 is 29.2 Å². The first kappa shape index (κ1) is 11.8. The molecule has 0 heterocycles. The van der Waals surface area contributed by atoms with E-state index in [0.717, 1.165) is 6.42 Å². The first-order chi connectivity index (χ1) is 5.68. The van der Waals surface area contributed by atoms with Gasteiger partial charge in [0.2, 0.25) is 4.84 Å². The molecule has 0 amide bonds. The quantitative estimate of drug-likeness (QED) is 0.302. The lowest BCUT2D eigenvalue weighted by molar-refractivity contribution is -0.141. The van der Waals surface area contributed by atoms with E-state index >= 15 is 0 Å². The van der Waals surface area contributed by atoms with Crippen LogP contribution in [0.2, 0.25) is 0 Å². The average molecular weight is 211 g/mol. The monoisotopic (exact) mass is 210 g/mol. The number of hydrogen-bond acceptors (Lipinski definition) is 2. The molecule has 0 rings (SSSR count). The van der Waals surface area contributed by atoms with Gasteiger partial charge in [-0.2, -0.15) is 0 Å². The molecule has 0 aromatic carbocycles. The van der Waals surface area contributed by atoms with Crippen molar-refractivity contribution in [2.75, 3.05) is 6.61 Å². The third-order valence-electron chi connectivity index (χ3n) is 1.11. The molecular formula is C8H12Cl2O2. The van der Waals surface area contributed by atoms with E-state index in [2.05, 4.69) is 0 Å². The first-order valence-corrected chi connectivity index (χ1v) is 4.65. The van der Waals surface area contributed by atoms with Crippen LogP contribution in [0.5, 0.6) is 0 Å². The molecule has 70 valence electrons. The van der Waals surface area contributed by atoms with E-state index in [-0.39, 0.29) is 0 Å². The van der Waals surface area contributed by atoms with Gasteiger partial charge in [0.25, 0.3) is 0 Å². The zero-order valence-electron chi connectivity index (χ0n) is 6.93. The van der Waals surface area contributed by atoms with Gasteiger partial charge in [0, 0.05) is 0 Å². The highest BCUT2D eigenvalue weighted by atomic mass is 35.5. The Bertz CT molecular complexity index is 155. The third-order valence-corrected chi connectivity index (χ3v) is 1.47. The zero-order valence-corrected chi connectivity index (χ0v) is 8.44. The molecule has 2 nitrogen and oxygen atoms in total. The van der Waals surface area contributed by atoms with Gasteiger partial charge in [-0.3, -0.25) is 0 Å². The average Bonchev–Trinajstić information content (AvgIpc) is 2.03. The molecule has 0 N–H and O–H groups in total. The second-order valence-corrected chi connectivity index (χ2v) is 3.23. The molecule has 0 spiro atoms. The van der Waals surface area contributed by atoms with Gasteiger partial charge < -0.3 is 4.74 Å². The molecule has 0 aromatic heterocycles. The lowest BCUT2D eigenvalue weighted by Gasteiger charge is -2.01. The Labute approximate surface area is 82.5 Å².